The summed E-state index contributed by atoms with van der Waals surface area (Å²) in [4.78, 5) is 0. The van der Waals surface area contributed by atoms with E-state index < -0.39 is 0 Å². The molecule has 0 aromatic heterocycles. The van der Waals surface area contributed by atoms with Gasteiger partial charge in [0.05, 0.1) is 0 Å². The first kappa shape index (κ1) is 32.1. The van der Waals surface area contributed by atoms with Crippen LogP contribution in [-0.2, 0) is 76.6 Å². The molecule has 0 amide bonds. The van der Waals surface area contributed by atoms with Gasteiger partial charge in [0.25, 0.3) is 0 Å². The van der Waals surface area contributed by atoms with Crippen molar-refractivity contribution in [3.05, 3.63) is 0 Å². The summed E-state index contributed by atoms with van der Waals surface area (Å²) in [5.41, 5.74) is 0. The molecular weight excluding hydrogens is 387 g/mol. The average Bonchev–Trinajstić information content (AvgIpc) is 0. The van der Waals surface area contributed by atoms with E-state index in [1.807, 2.05) is 0 Å². The van der Waals surface area contributed by atoms with Crippen LogP contribution >= 0.6 is 0 Å². The summed E-state index contributed by atoms with van der Waals surface area (Å²) in [6.45, 7) is 0. The molecule has 4 heavy (non-hydrogen) atoms. The van der Waals surface area contributed by atoms with Crippen LogP contribution in [0.5, 0.6) is 0 Å². The van der Waals surface area contributed by atoms with E-state index in [-0.39, 0.29) is 76.6 Å². The zero-order chi connectivity index (χ0) is 0. The Labute approximate surface area is 75.6 Å². The van der Waals surface area contributed by atoms with Crippen LogP contribution in [0.4, 0.5) is 0 Å². The van der Waals surface area contributed by atoms with Gasteiger partial charge in [-0.05, 0) is 0 Å². The number of hydrogen-bond donors (Lipinski definition) is 0. The van der Waals surface area contributed by atoms with Gasteiger partial charge in [0.1, 0.15) is 0 Å². The van der Waals surface area contributed by atoms with Crippen LogP contribution < -0.4 is 0 Å². The average molecular weight is 387 g/mol. The van der Waals surface area contributed by atoms with Gasteiger partial charge >= 0.3 is 0 Å². The van der Waals surface area contributed by atoms with Crippen LogP contribution in [-0.4, -0.2) is 0 Å². The summed E-state index contributed by atoms with van der Waals surface area (Å²) in [7, 11) is 0. The summed E-state index contributed by atoms with van der Waals surface area (Å²) < 4.78 is 0. The van der Waals surface area contributed by atoms with E-state index in [0.29, 0.717) is 0 Å². The van der Waals surface area contributed by atoms with Crippen molar-refractivity contribution in [2.45, 2.75) is 0 Å². The predicted molar refractivity (Wildman–Crippen MR) is 0 cm³/mol. The third-order valence-electron chi connectivity index (χ3n) is 0. The Morgan fingerprint density at radius 1 is 1.00 bits per heavy atom. The SMILES string of the molecule is [Cr].[Mn].[Mo].[W]. The Bertz CT molecular complexity index is 8.00. The van der Waals surface area contributed by atoms with Crippen molar-refractivity contribution in [1.29, 1.82) is 0 Å². The Morgan fingerprint density at radius 3 is 1.00 bits per heavy atom. The molecule has 0 heterocycles. The molecule has 0 spiro atoms. The zero-order valence-corrected chi connectivity index (χ0v) is 9.00. The van der Waals surface area contributed by atoms with Crippen molar-refractivity contribution in [3.63, 3.8) is 0 Å². The van der Waals surface area contributed by atoms with Crippen molar-refractivity contribution in [2.75, 3.05) is 0 Å². The molecule has 1 radical (unpaired) electrons. The van der Waals surface area contributed by atoms with E-state index in [9.17, 15) is 0 Å². The van der Waals surface area contributed by atoms with E-state index in [1.165, 1.54) is 0 Å². The molecule has 0 aliphatic heterocycles. The molecule has 4 heteroatoms. The predicted octanol–water partition coefficient (Wildman–Crippen LogP) is -0.0100. The number of hydrogen-bond acceptors (Lipinski definition) is 0. The Morgan fingerprint density at radius 2 is 1.00 bits per heavy atom. The molecule has 0 saturated heterocycles. The van der Waals surface area contributed by atoms with E-state index >= 15 is 0 Å². The first-order chi connectivity index (χ1) is 0. The van der Waals surface area contributed by atoms with Crippen molar-refractivity contribution in [3.8, 4) is 0 Å². The second kappa shape index (κ2) is 18.1. The van der Waals surface area contributed by atoms with Gasteiger partial charge in [-0.15, -0.1) is 0 Å². The first-order valence-corrected chi connectivity index (χ1v) is 0. The van der Waals surface area contributed by atoms with E-state index in [0.717, 1.165) is 0 Å². The van der Waals surface area contributed by atoms with Gasteiger partial charge in [0, 0.05) is 76.6 Å². The molecule has 0 aliphatic carbocycles. The first-order valence-electron chi connectivity index (χ1n) is 0. The van der Waals surface area contributed by atoms with Crippen LogP contribution in [0.15, 0.2) is 0 Å². The monoisotopic (exact) mass is 389 g/mol. The fourth-order valence-corrected chi connectivity index (χ4v) is 0. The van der Waals surface area contributed by atoms with E-state index in [2.05, 4.69) is 0 Å². The largest absolute Gasteiger partial charge is 0 e. The van der Waals surface area contributed by atoms with Crippen molar-refractivity contribution >= 4 is 0 Å². The van der Waals surface area contributed by atoms with Crippen LogP contribution in [0.25, 0.3) is 0 Å². The molecule has 0 aliphatic rings. The van der Waals surface area contributed by atoms with Crippen molar-refractivity contribution < 1.29 is 76.6 Å². The summed E-state index contributed by atoms with van der Waals surface area (Å²) in [6, 6.07) is 0. The van der Waals surface area contributed by atoms with Gasteiger partial charge in [0.2, 0.25) is 0 Å². The normalized spacial score (nSPS) is 0. The molecule has 0 N–H and O–H groups in total. The van der Waals surface area contributed by atoms with Crippen LogP contribution in [0, 0.1) is 0 Å². The second-order valence-corrected chi connectivity index (χ2v) is 0. The third-order valence-corrected chi connectivity index (χ3v) is 0. The summed E-state index contributed by atoms with van der Waals surface area (Å²) in [6.07, 6.45) is 0. The minimum absolute atomic E-state index is 0. The maximum Gasteiger partial charge on any atom is 0 e. The maximum absolute atomic E-state index is 0. The van der Waals surface area contributed by atoms with Crippen LogP contribution in [0.2, 0.25) is 0 Å². The summed E-state index contributed by atoms with van der Waals surface area (Å²) >= 11 is 0. The summed E-state index contributed by atoms with van der Waals surface area (Å²) in [5.74, 6) is 0. The molecule has 0 atom stereocenters. The standard InChI is InChI=1S/Cr.Mn.Mo.W. The Kier molecular flexibility index (Phi) is 145. The fraction of sp³-hybridized carbons (Fsp3) is 0. The van der Waals surface area contributed by atoms with Crippen LogP contribution in [0.1, 0.15) is 0 Å². The van der Waals surface area contributed by atoms with Gasteiger partial charge in [-0.25, -0.2) is 0 Å². The van der Waals surface area contributed by atoms with Crippen molar-refractivity contribution in [2.24, 2.45) is 0 Å². The molecule has 25 valence electrons. The topological polar surface area (TPSA) is 0 Å². The fourth-order valence-electron chi connectivity index (χ4n) is 0. The minimum Gasteiger partial charge on any atom is 0 e. The maximum atomic E-state index is 0. The molecule has 0 fully saturated rings. The number of rotatable bonds is 0. The van der Waals surface area contributed by atoms with Crippen LogP contribution in [0.3, 0.4) is 0 Å². The Balaban J connectivity index is 0. The molecule has 0 bridgehead atoms. The van der Waals surface area contributed by atoms with E-state index in [4.69, 9.17) is 0 Å². The second-order valence-electron chi connectivity index (χ2n) is 0. The quantitative estimate of drug-likeness (QED) is 0.514. The molecule has 0 saturated carbocycles. The smallest absolute Gasteiger partial charge is 0 e. The minimum atomic E-state index is 0. The van der Waals surface area contributed by atoms with Gasteiger partial charge in [-0.3, -0.25) is 0 Å². The molecule has 0 aromatic rings. The van der Waals surface area contributed by atoms with Gasteiger partial charge < -0.3 is 0 Å². The molecular formula is CrMnMoW. The van der Waals surface area contributed by atoms with Gasteiger partial charge in [-0.2, -0.15) is 0 Å². The molecule has 0 nitrogen and oxygen atoms in total. The zero-order valence-electron chi connectivity index (χ0n) is 1.60. The van der Waals surface area contributed by atoms with E-state index in [1.54, 1.807) is 0 Å². The third kappa shape index (κ3) is 8.83. The summed E-state index contributed by atoms with van der Waals surface area (Å²) in [5, 5.41) is 0. The Hall–Kier alpha value is 2.43. The molecule has 0 aromatic carbocycles. The van der Waals surface area contributed by atoms with Crippen molar-refractivity contribution in [1.82, 2.24) is 0 Å². The molecule has 0 unspecified atom stereocenters. The van der Waals surface area contributed by atoms with Gasteiger partial charge in [-0.1, -0.05) is 0 Å². The molecule has 0 rings (SSSR count). The van der Waals surface area contributed by atoms with Gasteiger partial charge in [0.15, 0.2) is 0 Å².